The molecule has 0 radical (unpaired) electrons. The third-order valence-electron chi connectivity index (χ3n) is 1.32. The molecule has 1 nitrogen and oxygen atoms in total. The Kier molecular flexibility index (Phi) is 0.900. The summed E-state index contributed by atoms with van der Waals surface area (Å²) in [4.78, 5) is 10.1. The van der Waals surface area contributed by atoms with Crippen LogP contribution >= 0.6 is 0 Å². The first-order chi connectivity index (χ1) is 3.54. The lowest BCUT2D eigenvalue weighted by molar-refractivity contribution is -0.120. The van der Waals surface area contributed by atoms with Gasteiger partial charge in [-0.1, -0.05) is 0 Å². The van der Waals surface area contributed by atoms with Gasteiger partial charge in [0.2, 0.25) is 0 Å². The summed E-state index contributed by atoms with van der Waals surface area (Å²) in [7, 11) is 0. The predicted molar refractivity (Wildman–Crippen MR) is 23.7 cm³/mol. The van der Waals surface area contributed by atoms with Crippen LogP contribution in [0.15, 0.2) is 0 Å². The van der Waals surface area contributed by atoms with Gasteiger partial charge in [0.05, 0.1) is 5.92 Å². The summed E-state index contributed by atoms with van der Waals surface area (Å²) >= 11 is 0. The zero-order chi connectivity index (χ0) is 6.36. The van der Waals surface area contributed by atoms with Crippen LogP contribution < -0.4 is 0 Å². The molecule has 1 atom stereocenters. The van der Waals surface area contributed by atoms with Crippen LogP contribution in [0.25, 0.3) is 0 Å². The summed E-state index contributed by atoms with van der Waals surface area (Å²) in [6.07, 6.45) is -0.234. The third kappa shape index (κ3) is 0.723. The average molecular weight is 120 g/mol. The Morgan fingerprint density at radius 2 is 2.12 bits per heavy atom. The minimum atomic E-state index is -2.66. The van der Waals surface area contributed by atoms with Gasteiger partial charge in [0.15, 0.2) is 0 Å². The molecule has 1 aliphatic carbocycles. The van der Waals surface area contributed by atoms with Gasteiger partial charge in [0, 0.05) is 6.42 Å². The normalized spacial score (nSPS) is 32.1. The van der Waals surface area contributed by atoms with E-state index in [2.05, 4.69) is 0 Å². The van der Waals surface area contributed by atoms with Crippen LogP contribution in [0.1, 0.15) is 13.3 Å². The van der Waals surface area contributed by atoms with Crippen LogP contribution in [-0.2, 0) is 4.79 Å². The Labute approximate surface area is 45.7 Å². The van der Waals surface area contributed by atoms with E-state index in [4.69, 9.17) is 0 Å². The molecule has 0 aromatic rings. The van der Waals surface area contributed by atoms with Crippen molar-refractivity contribution in [1.82, 2.24) is 0 Å². The molecule has 0 unspecified atom stereocenters. The molecule has 0 aliphatic heterocycles. The standard InChI is InChI=1S/C5H6F2O/c1-3(8)4-2-5(4,6)7/h4H,2H2,1H3/t4-/m1/s1. The Bertz CT molecular complexity index is 130. The monoisotopic (exact) mass is 120 g/mol. The second-order valence-electron chi connectivity index (χ2n) is 2.13. The highest BCUT2D eigenvalue weighted by Gasteiger charge is 2.59. The number of carbonyl (C=O) groups is 1. The fourth-order valence-electron chi connectivity index (χ4n) is 0.654. The molecule has 0 aromatic carbocycles. The van der Waals surface area contributed by atoms with E-state index in [1.165, 1.54) is 6.92 Å². The molecule has 0 N–H and O–H groups in total. The summed E-state index contributed by atoms with van der Waals surface area (Å²) in [5.41, 5.74) is 0. The van der Waals surface area contributed by atoms with Gasteiger partial charge in [-0.2, -0.15) is 0 Å². The van der Waals surface area contributed by atoms with Crippen molar-refractivity contribution in [2.45, 2.75) is 19.3 Å². The largest absolute Gasteiger partial charge is 0.299 e. The molecule has 0 saturated heterocycles. The van der Waals surface area contributed by atoms with Crippen molar-refractivity contribution in [1.29, 1.82) is 0 Å². The Balaban J connectivity index is 2.48. The number of Topliss-reactive ketones (excluding diaryl/α,β-unsaturated/α-hetero) is 1. The number of halogens is 2. The molecular weight excluding hydrogens is 114 g/mol. The maximum absolute atomic E-state index is 11.8. The first kappa shape index (κ1) is 5.66. The molecular formula is C5H6F2O. The van der Waals surface area contributed by atoms with Gasteiger partial charge in [-0.25, -0.2) is 8.78 Å². The lowest BCUT2D eigenvalue weighted by atomic mass is 10.3. The Morgan fingerprint density at radius 1 is 1.75 bits per heavy atom. The van der Waals surface area contributed by atoms with Crippen molar-refractivity contribution in [3.05, 3.63) is 0 Å². The van der Waals surface area contributed by atoms with Gasteiger partial charge in [-0.05, 0) is 6.92 Å². The molecule has 1 fully saturated rings. The van der Waals surface area contributed by atoms with E-state index in [-0.39, 0.29) is 6.42 Å². The van der Waals surface area contributed by atoms with Crippen LogP contribution in [0.2, 0.25) is 0 Å². The fourth-order valence-corrected chi connectivity index (χ4v) is 0.654. The molecule has 1 aliphatic rings. The molecule has 1 saturated carbocycles. The minimum absolute atomic E-state index is 0.234. The molecule has 0 heterocycles. The van der Waals surface area contributed by atoms with Crippen molar-refractivity contribution < 1.29 is 13.6 Å². The van der Waals surface area contributed by atoms with E-state index < -0.39 is 17.6 Å². The fraction of sp³-hybridized carbons (Fsp3) is 0.800. The Hall–Kier alpha value is -0.470. The van der Waals surface area contributed by atoms with Crippen molar-refractivity contribution in [2.75, 3.05) is 0 Å². The van der Waals surface area contributed by atoms with Crippen molar-refractivity contribution in [2.24, 2.45) is 5.92 Å². The summed E-state index contributed by atoms with van der Waals surface area (Å²) in [6, 6.07) is 0. The second-order valence-corrected chi connectivity index (χ2v) is 2.13. The number of hydrogen-bond acceptors (Lipinski definition) is 1. The van der Waals surface area contributed by atoms with Crippen LogP contribution in [0.3, 0.4) is 0 Å². The summed E-state index contributed by atoms with van der Waals surface area (Å²) < 4.78 is 23.7. The number of alkyl halides is 2. The van der Waals surface area contributed by atoms with Gasteiger partial charge in [0.1, 0.15) is 5.78 Å². The quantitative estimate of drug-likeness (QED) is 0.508. The van der Waals surface area contributed by atoms with Crippen LogP contribution in [0.5, 0.6) is 0 Å². The first-order valence-corrected chi connectivity index (χ1v) is 2.42. The lowest BCUT2D eigenvalue weighted by Crippen LogP contribution is -2.01. The summed E-state index contributed by atoms with van der Waals surface area (Å²) in [5, 5.41) is 0. The maximum Gasteiger partial charge on any atom is 0.258 e. The zero-order valence-electron chi connectivity index (χ0n) is 4.45. The highest BCUT2D eigenvalue weighted by Crippen LogP contribution is 2.48. The van der Waals surface area contributed by atoms with Crippen molar-refractivity contribution >= 4 is 5.78 Å². The van der Waals surface area contributed by atoms with Crippen molar-refractivity contribution in [3.63, 3.8) is 0 Å². The smallest absolute Gasteiger partial charge is 0.258 e. The third-order valence-corrected chi connectivity index (χ3v) is 1.32. The van der Waals surface area contributed by atoms with Gasteiger partial charge in [0.25, 0.3) is 5.92 Å². The summed E-state index contributed by atoms with van der Waals surface area (Å²) in [5.74, 6) is -4.01. The number of hydrogen-bond donors (Lipinski definition) is 0. The average Bonchev–Trinajstić information content (AvgIpc) is 2.13. The predicted octanol–water partition coefficient (Wildman–Crippen LogP) is 1.23. The van der Waals surface area contributed by atoms with E-state index in [9.17, 15) is 13.6 Å². The Morgan fingerprint density at radius 3 is 2.12 bits per heavy atom. The molecule has 8 heavy (non-hydrogen) atoms. The SMILES string of the molecule is CC(=O)[C@H]1CC1(F)F. The number of rotatable bonds is 1. The van der Waals surface area contributed by atoms with E-state index >= 15 is 0 Å². The molecule has 3 heteroatoms. The molecule has 0 aromatic heterocycles. The van der Waals surface area contributed by atoms with Crippen molar-refractivity contribution in [3.8, 4) is 0 Å². The zero-order valence-corrected chi connectivity index (χ0v) is 4.45. The number of ketones is 1. The van der Waals surface area contributed by atoms with Crippen LogP contribution in [-0.4, -0.2) is 11.7 Å². The minimum Gasteiger partial charge on any atom is -0.299 e. The molecule has 1 rings (SSSR count). The highest BCUT2D eigenvalue weighted by molar-refractivity contribution is 5.82. The topological polar surface area (TPSA) is 17.1 Å². The molecule has 46 valence electrons. The number of carbonyl (C=O) groups excluding carboxylic acids is 1. The first-order valence-electron chi connectivity index (χ1n) is 2.42. The molecule has 0 spiro atoms. The van der Waals surface area contributed by atoms with Gasteiger partial charge in [-0.15, -0.1) is 0 Å². The van der Waals surface area contributed by atoms with Gasteiger partial charge < -0.3 is 0 Å². The molecule has 0 amide bonds. The van der Waals surface area contributed by atoms with E-state index in [1.54, 1.807) is 0 Å². The van der Waals surface area contributed by atoms with Crippen LogP contribution in [0, 0.1) is 5.92 Å². The molecule has 0 bridgehead atoms. The van der Waals surface area contributed by atoms with E-state index in [0.29, 0.717) is 0 Å². The van der Waals surface area contributed by atoms with Gasteiger partial charge >= 0.3 is 0 Å². The second kappa shape index (κ2) is 1.27. The lowest BCUT2D eigenvalue weighted by Gasteiger charge is -1.87. The summed E-state index contributed by atoms with van der Waals surface area (Å²) in [6.45, 7) is 1.20. The van der Waals surface area contributed by atoms with Crippen LogP contribution in [0.4, 0.5) is 8.78 Å². The van der Waals surface area contributed by atoms with E-state index in [0.717, 1.165) is 0 Å². The highest BCUT2D eigenvalue weighted by atomic mass is 19.3. The maximum atomic E-state index is 11.8. The van der Waals surface area contributed by atoms with E-state index in [1.807, 2.05) is 0 Å². The van der Waals surface area contributed by atoms with Gasteiger partial charge in [-0.3, -0.25) is 4.79 Å².